The molecule has 7 nitrogen and oxygen atoms in total. The molecule has 0 aliphatic heterocycles. The fraction of sp³-hybridized carbons (Fsp3) is 0.500. The summed E-state index contributed by atoms with van der Waals surface area (Å²) in [6.45, 7) is 2.13. The van der Waals surface area contributed by atoms with Gasteiger partial charge in [-0.05, 0) is 6.92 Å². The van der Waals surface area contributed by atoms with E-state index in [1.165, 1.54) is 13.4 Å². The maximum absolute atomic E-state index is 11.7. The molecule has 0 radical (unpaired) electrons. The average molecular weight is 299 g/mol. The summed E-state index contributed by atoms with van der Waals surface area (Å²) in [5.41, 5.74) is 1.05. The zero-order valence-electron chi connectivity index (χ0n) is 11.3. The molecule has 0 unspecified atom stereocenters. The Hall–Kier alpha value is -1.89. The van der Waals surface area contributed by atoms with Crippen molar-refractivity contribution in [3.8, 4) is 5.88 Å². The quantitative estimate of drug-likeness (QED) is 0.588. The van der Waals surface area contributed by atoms with E-state index in [1.807, 2.05) is 0 Å². The Morgan fingerprint density at radius 2 is 2.25 bits per heavy atom. The number of fused-ring (bicyclic) bond motifs is 1. The maximum atomic E-state index is 11.7. The van der Waals surface area contributed by atoms with Crippen molar-refractivity contribution in [2.24, 2.45) is 0 Å². The Labute approximate surface area is 120 Å². The van der Waals surface area contributed by atoms with E-state index < -0.39 is 0 Å². The molecule has 0 N–H and O–H groups in total. The van der Waals surface area contributed by atoms with Gasteiger partial charge in [-0.25, -0.2) is 9.97 Å². The first-order valence-corrected chi connectivity index (χ1v) is 6.70. The number of nitrogens with zero attached hydrogens (tertiary/aromatic N) is 4. The van der Waals surface area contributed by atoms with Gasteiger partial charge in [0, 0.05) is 12.3 Å². The van der Waals surface area contributed by atoms with Gasteiger partial charge in [-0.15, -0.1) is 11.6 Å². The van der Waals surface area contributed by atoms with Crippen molar-refractivity contribution in [1.29, 1.82) is 0 Å². The van der Waals surface area contributed by atoms with Gasteiger partial charge >= 0.3 is 5.97 Å². The van der Waals surface area contributed by atoms with Crippen LogP contribution in [0.3, 0.4) is 0 Å². The molecule has 0 spiro atoms. The number of hydrogen-bond donors (Lipinski definition) is 0. The molecule has 0 aliphatic carbocycles. The molecule has 0 saturated heterocycles. The van der Waals surface area contributed by atoms with Crippen molar-refractivity contribution in [2.45, 2.75) is 19.9 Å². The third-order valence-corrected chi connectivity index (χ3v) is 2.87. The lowest BCUT2D eigenvalue weighted by atomic mass is 10.4. The second-order valence-corrected chi connectivity index (χ2v) is 4.29. The first-order valence-electron chi connectivity index (χ1n) is 6.17. The number of esters is 1. The third kappa shape index (κ3) is 2.82. The minimum Gasteiger partial charge on any atom is -0.479 e. The Morgan fingerprint density at radius 3 is 2.90 bits per heavy atom. The van der Waals surface area contributed by atoms with Crippen LogP contribution in [0.25, 0.3) is 11.2 Å². The lowest BCUT2D eigenvalue weighted by Gasteiger charge is -2.07. The molecule has 0 saturated carbocycles. The molecular formula is C12H15ClN4O3. The summed E-state index contributed by atoms with van der Waals surface area (Å²) in [6.07, 6.45) is 1.88. The third-order valence-electron chi connectivity index (χ3n) is 2.68. The monoisotopic (exact) mass is 298 g/mol. The molecular weight excluding hydrogens is 284 g/mol. The van der Waals surface area contributed by atoms with Gasteiger partial charge in [0.2, 0.25) is 5.88 Å². The Kier molecular flexibility index (Phi) is 4.73. The molecule has 0 aliphatic rings. The van der Waals surface area contributed by atoms with E-state index in [2.05, 4.69) is 15.0 Å². The number of hydrogen-bond acceptors (Lipinski definition) is 6. The van der Waals surface area contributed by atoms with Crippen LogP contribution in [-0.2, 0) is 22.5 Å². The van der Waals surface area contributed by atoms with E-state index >= 15 is 0 Å². The van der Waals surface area contributed by atoms with Crippen molar-refractivity contribution >= 4 is 28.7 Å². The highest BCUT2D eigenvalue weighted by Gasteiger charge is 2.18. The average Bonchev–Trinajstić information content (AvgIpc) is 2.77. The van der Waals surface area contributed by atoms with Crippen LogP contribution in [0, 0.1) is 0 Å². The number of rotatable bonds is 6. The number of carbonyl (C=O) groups excluding carboxylic acids is 1. The lowest BCUT2D eigenvalue weighted by molar-refractivity contribution is -0.143. The molecule has 0 atom stereocenters. The van der Waals surface area contributed by atoms with Crippen LogP contribution < -0.4 is 4.74 Å². The van der Waals surface area contributed by atoms with Gasteiger partial charge in [-0.2, -0.15) is 4.98 Å². The SMILES string of the molecule is CCOC(=O)Cn1c(CCCl)nc2c(OC)ncnc21. The van der Waals surface area contributed by atoms with Gasteiger partial charge < -0.3 is 14.0 Å². The Morgan fingerprint density at radius 1 is 1.45 bits per heavy atom. The topological polar surface area (TPSA) is 79.1 Å². The van der Waals surface area contributed by atoms with Gasteiger partial charge in [0.05, 0.1) is 13.7 Å². The molecule has 2 aromatic rings. The smallest absolute Gasteiger partial charge is 0.326 e. The number of aromatic nitrogens is 4. The van der Waals surface area contributed by atoms with Crippen LogP contribution >= 0.6 is 11.6 Å². The van der Waals surface area contributed by atoms with E-state index in [-0.39, 0.29) is 12.5 Å². The van der Waals surface area contributed by atoms with E-state index in [1.54, 1.807) is 11.5 Å². The molecule has 20 heavy (non-hydrogen) atoms. The molecule has 0 fully saturated rings. The Bertz CT molecular complexity index is 614. The van der Waals surface area contributed by atoms with Crippen molar-refractivity contribution in [3.63, 3.8) is 0 Å². The number of carbonyl (C=O) groups is 1. The second kappa shape index (κ2) is 6.51. The predicted octanol–water partition coefficient (Wildman–Crippen LogP) is 1.18. The van der Waals surface area contributed by atoms with Gasteiger partial charge in [0.1, 0.15) is 18.7 Å². The van der Waals surface area contributed by atoms with Crippen LogP contribution in [0.5, 0.6) is 5.88 Å². The number of ether oxygens (including phenoxy) is 2. The highest BCUT2D eigenvalue weighted by atomic mass is 35.5. The molecule has 2 rings (SSSR count). The lowest BCUT2D eigenvalue weighted by Crippen LogP contribution is -2.16. The molecule has 108 valence electrons. The summed E-state index contributed by atoms with van der Waals surface area (Å²) in [7, 11) is 1.51. The largest absolute Gasteiger partial charge is 0.479 e. The number of imidazole rings is 1. The highest BCUT2D eigenvalue weighted by molar-refractivity contribution is 6.17. The van der Waals surface area contributed by atoms with E-state index in [9.17, 15) is 4.79 Å². The van der Waals surface area contributed by atoms with Crippen molar-refractivity contribution in [3.05, 3.63) is 12.2 Å². The summed E-state index contributed by atoms with van der Waals surface area (Å²) in [5.74, 6) is 1.07. The summed E-state index contributed by atoms with van der Waals surface area (Å²) in [4.78, 5) is 24.3. The van der Waals surface area contributed by atoms with Gasteiger partial charge in [0.25, 0.3) is 0 Å². The van der Waals surface area contributed by atoms with E-state index in [4.69, 9.17) is 21.1 Å². The van der Waals surface area contributed by atoms with E-state index in [0.29, 0.717) is 41.8 Å². The number of halogens is 1. The van der Waals surface area contributed by atoms with Crippen molar-refractivity contribution in [2.75, 3.05) is 19.6 Å². The zero-order chi connectivity index (χ0) is 14.5. The van der Waals surface area contributed by atoms with Crippen LogP contribution in [0.4, 0.5) is 0 Å². The summed E-state index contributed by atoms with van der Waals surface area (Å²) in [6, 6.07) is 0. The molecule has 2 heterocycles. The minimum atomic E-state index is -0.347. The van der Waals surface area contributed by atoms with Crippen molar-refractivity contribution in [1.82, 2.24) is 19.5 Å². The molecule has 8 heteroatoms. The first-order chi connectivity index (χ1) is 9.71. The Balaban J connectivity index is 2.48. The minimum absolute atomic E-state index is 0.0384. The number of alkyl halides is 1. The highest BCUT2D eigenvalue weighted by Crippen LogP contribution is 2.22. The maximum Gasteiger partial charge on any atom is 0.326 e. The zero-order valence-corrected chi connectivity index (χ0v) is 12.1. The van der Waals surface area contributed by atoms with Gasteiger partial charge in [-0.3, -0.25) is 4.79 Å². The van der Waals surface area contributed by atoms with Crippen LogP contribution in [0.2, 0.25) is 0 Å². The van der Waals surface area contributed by atoms with Crippen LogP contribution in [0.1, 0.15) is 12.7 Å². The summed E-state index contributed by atoms with van der Waals surface area (Å²) in [5, 5.41) is 0. The van der Waals surface area contributed by atoms with Crippen LogP contribution in [-0.4, -0.2) is 45.1 Å². The first kappa shape index (κ1) is 14.5. The number of methoxy groups -OCH3 is 1. The predicted molar refractivity (Wildman–Crippen MR) is 72.9 cm³/mol. The normalized spacial score (nSPS) is 10.8. The molecule has 0 aromatic carbocycles. The molecule has 2 aromatic heterocycles. The standard InChI is InChI=1S/C12H15ClN4O3/c1-3-20-9(18)6-17-8(4-5-13)16-10-11(17)14-7-15-12(10)19-2/h7H,3-6H2,1-2H3. The van der Waals surface area contributed by atoms with Crippen LogP contribution in [0.15, 0.2) is 6.33 Å². The fourth-order valence-electron chi connectivity index (χ4n) is 1.89. The molecule has 0 bridgehead atoms. The van der Waals surface area contributed by atoms with Gasteiger partial charge in [0.15, 0.2) is 11.2 Å². The summed E-state index contributed by atoms with van der Waals surface area (Å²) >= 11 is 5.77. The van der Waals surface area contributed by atoms with E-state index in [0.717, 1.165) is 0 Å². The fourth-order valence-corrected chi connectivity index (χ4v) is 2.06. The summed E-state index contributed by atoms with van der Waals surface area (Å²) < 4.78 is 11.8. The number of aryl methyl sites for hydroxylation is 1. The van der Waals surface area contributed by atoms with Gasteiger partial charge in [-0.1, -0.05) is 0 Å². The van der Waals surface area contributed by atoms with Crippen molar-refractivity contribution < 1.29 is 14.3 Å². The second-order valence-electron chi connectivity index (χ2n) is 3.91. The molecule has 0 amide bonds.